The first-order valence-corrected chi connectivity index (χ1v) is 3.91. The van der Waals surface area contributed by atoms with Crippen molar-refractivity contribution < 1.29 is 24.2 Å². The van der Waals surface area contributed by atoms with Gasteiger partial charge in [-0.1, -0.05) is 0 Å². The minimum absolute atomic E-state index is 0.260. The Morgan fingerprint density at radius 2 is 1.36 bits per heavy atom. The number of hydrogen-bond acceptors (Lipinski definition) is 5. The van der Waals surface area contributed by atoms with Crippen LogP contribution in [0.5, 0.6) is 17.2 Å². The minimum Gasteiger partial charge on any atom is -0.512 e. The summed E-state index contributed by atoms with van der Waals surface area (Å²) in [5.41, 5.74) is 0. The molecule has 76 valence electrons. The summed E-state index contributed by atoms with van der Waals surface area (Å²) in [5.74, 6) is 1.29. The summed E-state index contributed by atoms with van der Waals surface area (Å²) >= 11 is 0. The molecule has 0 heterocycles. The van der Waals surface area contributed by atoms with Crippen LogP contribution in [0.25, 0.3) is 0 Å². The fourth-order valence-corrected chi connectivity index (χ4v) is 0.971. The molecule has 14 heavy (non-hydrogen) atoms. The lowest BCUT2D eigenvalue weighted by Crippen LogP contribution is -2.20. The summed E-state index contributed by atoms with van der Waals surface area (Å²) in [6.45, 7) is 0. The fraction of sp³-hybridized carbons (Fsp3) is 0.250. The van der Waals surface area contributed by atoms with Crippen LogP contribution >= 0.6 is 0 Å². The molecule has 0 saturated heterocycles. The van der Waals surface area contributed by atoms with E-state index in [0.29, 0.717) is 11.5 Å². The molecule has 0 fully saturated rings. The quantitative estimate of drug-likeness (QED) is 0.669. The molecule has 0 spiro atoms. The van der Waals surface area contributed by atoms with Crippen molar-refractivity contribution in [1.29, 1.82) is 0 Å². The van der Waals surface area contributed by atoms with E-state index in [2.05, 4.69) is 4.65 Å². The molecule has 0 bridgehead atoms. The zero-order valence-corrected chi connectivity index (χ0v) is 7.93. The number of rotatable bonds is 4. The Morgan fingerprint density at radius 1 is 0.929 bits per heavy atom. The third kappa shape index (κ3) is 2.83. The van der Waals surface area contributed by atoms with Gasteiger partial charge in [0.05, 0.1) is 14.2 Å². The number of ether oxygens (including phenoxy) is 2. The Bertz CT molecular complexity index is 280. The van der Waals surface area contributed by atoms with E-state index >= 15 is 0 Å². The van der Waals surface area contributed by atoms with Gasteiger partial charge in [0.1, 0.15) is 17.2 Å². The zero-order chi connectivity index (χ0) is 10.6. The van der Waals surface area contributed by atoms with Crippen LogP contribution in [0.2, 0.25) is 0 Å². The molecule has 0 radical (unpaired) electrons. The third-order valence-electron chi connectivity index (χ3n) is 1.57. The molecule has 0 amide bonds. The second kappa shape index (κ2) is 4.73. The van der Waals surface area contributed by atoms with E-state index in [9.17, 15) is 0 Å². The third-order valence-corrected chi connectivity index (χ3v) is 1.57. The van der Waals surface area contributed by atoms with Gasteiger partial charge in [0.25, 0.3) is 0 Å². The molecule has 2 N–H and O–H groups in total. The Labute approximate surface area is 82.0 Å². The second-order valence-corrected chi connectivity index (χ2v) is 2.49. The maximum absolute atomic E-state index is 8.58. The molecule has 0 aliphatic carbocycles. The van der Waals surface area contributed by atoms with Gasteiger partial charge in [-0.3, -0.25) is 0 Å². The van der Waals surface area contributed by atoms with Gasteiger partial charge in [0, 0.05) is 18.2 Å². The van der Waals surface area contributed by atoms with Gasteiger partial charge in [-0.15, -0.1) is 0 Å². The molecule has 1 aromatic rings. The topological polar surface area (TPSA) is 68.2 Å². The average molecular weight is 198 g/mol. The normalized spacial score (nSPS) is 9.43. The molecular formula is C8H11BO5. The summed E-state index contributed by atoms with van der Waals surface area (Å²) in [5, 5.41) is 17.2. The largest absolute Gasteiger partial charge is 0.707 e. The van der Waals surface area contributed by atoms with Gasteiger partial charge in [0.15, 0.2) is 0 Å². The summed E-state index contributed by atoms with van der Waals surface area (Å²) in [6, 6.07) is 4.68. The van der Waals surface area contributed by atoms with Crippen LogP contribution in [0, 0.1) is 0 Å². The maximum Gasteiger partial charge on any atom is 0.707 e. The van der Waals surface area contributed by atoms with Crippen molar-refractivity contribution in [2.45, 2.75) is 0 Å². The van der Waals surface area contributed by atoms with Crippen molar-refractivity contribution in [3.05, 3.63) is 18.2 Å². The number of benzene rings is 1. The van der Waals surface area contributed by atoms with E-state index < -0.39 is 7.32 Å². The van der Waals surface area contributed by atoms with Crippen molar-refractivity contribution in [2.75, 3.05) is 14.2 Å². The highest BCUT2D eigenvalue weighted by molar-refractivity contribution is 6.33. The van der Waals surface area contributed by atoms with Gasteiger partial charge in [-0.25, -0.2) is 0 Å². The SMILES string of the molecule is COc1cc(OC)cc(OB(O)O)c1. The maximum atomic E-state index is 8.58. The standard InChI is InChI=1S/C8H11BO5/c1-12-6-3-7(13-2)5-8(4-6)14-9(10)11/h3-5,10-11H,1-2H3. The van der Waals surface area contributed by atoms with Gasteiger partial charge < -0.3 is 24.2 Å². The number of methoxy groups -OCH3 is 2. The van der Waals surface area contributed by atoms with Crippen LogP contribution in [0.15, 0.2) is 18.2 Å². The lowest BCUT2D eigenvalue weighted by Gasteiger charge is -2.09. The predicted molar refractivity (Wildman–Crippen MR) is 50.4 cm³/mol. The Morgan fingerprint density at radius 3 is 1.71 bits per heavy atom. The van der Waals surface area contributed by atoms with E-state index in [1.807, 2.05) is 0 Å². The van der Waals surface area contributed by atoms with E-state index in [-0.39, 0.29) is 5.75 Å². The number of hydrogen-bond donors (Lipinski definition) is 2. The summed E-state index contributed by atoms with van der Waals surface area (Å²) in [4.78, 5) is 0. The van der Waals surface area contributed by atoms with Crippen molar-refractivity contribution in [2.24, 2.45) is 0 Å². The molecule has 0 aromatic heterocycles. The average Bonchev–Trinajstić information content (AvgIpc) is 2.16. The highest BCUT2D eigenvalue weighted by Crippen LogP contribution is 2.27. The first-order valence-electron chi connectivity index (χ1n) is 3.91. The Hall–Kier alpha value is -1.40. The van der Waals surface area contributed by atoms with Gasteiger partial charge in [-0.05, 0) is 0 Å². The van der Waals surface area contributed by atoms with Crippen molar-refractivity contribution >= 4 is 7.32 Å². The molecule has 0 atom stereocenters. The molecule has 0 unspecified atom stereocenters. The van der Waals surface area contributed by atoms with Crippen LogP contribution in [0.1, 0.15) is 0 Å². The van der Waals surface area contributed by atoms with E-state index in [1.54, 1.807) is 6.07 Å². The second-order valence-electron chi connectivity index (χ2n) is 2.49. The van der Waals surface area contributed by atoms with E-state index in [1.165, 1.54) is 26.4 Å². The summed E-state index contributed by atoms with van der Waals surface area (Å²) in [6.07, 6.45) is 0. The van der Waals surface area contributed by atoms with Crippen LogP contribution in [0.4, 0.5) is 0 Å². The van der Waals surface area contributed by atoms with Gasteiger partial charge in [0.2, 0.25) is 0 Å². The fourth-order valence-electron chi connectivity index (χ4n) is 0.971. The Balaban J connectivity index is 2.92. The van der Waals surface area contributed by atoms with Crippen LogP contribution in [0.3, 0.4) is 0 Å². The minimum atomic E-state index is -1.85. The van der Waals surface area contributed by atoms with Crippen molar-refractivity contribution in [3.8, 4) is 17.2 Å². The molecule has 0 saturated carbocycles. The van der Waals surface area contributed by atoms with Gasteiger partial charge in [-0.2, -0.15) is 0 Å². The van der Waals surface area contributed by atoms with Crippen LogP contribution in [-0.2, 0) is 0 Å². The monoisotopic (exact) mass is 198 g/mol. The van der Waals surface area contributed by atoms with Gasteiger partial charge >= 0.3 is 7.32 Å². The lowest BCUT2D eigenvalue weighted by atomic mass is 10.2. The zero-order valence-electron chi connectivity index (χ0n) is 7.93. The first kappa shape index (κ1) is 10.7. The van der Waals surface area contributed by atoms with Crippen LogP contribution < -0.4 is 14.1 Å². The highest BCUT2D eigenvalue weighted by atomic mass is 16.6. The molecule has 6 heteroatoms. The van der Waals surface area contributed by atoms with Crippen molar-refractivity contribution in [1.82, 2.24) is 0 Å². The predicted octanol–water partition coefficient (Wildman–Crippen LogP) is 0.0521. The van der Waals surface area contributed by atoms with E-state index in [0.717, 1.165) is 0 Å². The van der Waals surface area contributed by atoms with Crippen molar-refractivity contribution in [3.63, 3.8) is 0 Å². The van der Waals surface area contributed by atoms with Crippen LogP contribution in [-0.4, -0.2) is 31.6 Å². The Kier molecular flexibility index (Phi) is 3.61. The lowest BCUT2D eigenvalue weighted by molar-refractivity contribution is 0.286. The smallest absolute Gasteiger partial charge is 0.512 e. The molecule has 0 aliphatic rings. The summed E-state index contributed by atoms with van der Waals surface area (Å²) < 4.78 is 14.6. The molecule has 0 aliphatic heterocycles. The highest BCUT2D eigenvalue weighted by Gasteiger charge is 2.12. The van der Waals surface area contributed by atoms with E-state index in [4.69, 9.17) is 19.5 Å². The molecule has 1 rings (SSSR count). The molecule has 5 nitrogen and oxygen atoms in total. The summed E-state index contributed by atoms with van der Waals surface area (Å²) in [7, 11) is 1.13. The molecular weight excluding hydrogens is 187 g/mol. The molecule has 1 aromatic carbocycles. The first-order chi connectivity index (χ1) is 6.65.